The van der Waals surface area contributed by atoms with Gasteiger partial charge in [0.1, 0.15) is 0 Å². The first-order chi connectivity index (χ1) is 7.04. The Morgan fingerprint density at radius 3 is 2.80 bits per heavy atom. The van der Waals surface area contributed by atoms with Crippen molar-refractivity contribution in [3.63, 3.8) is 0 Å². The van der Waals surface area contributed by atoms with Gasteiger partial charge in [0, 0.05) is 32.1 Å². The number of rotatable bonds is 4. The average Bonchev–Trinajstić information content (AvgIpc) is 2.46. The Bertz CT molecular complexity index is 221. The standard InChI is InChI=1S/C10H21N3O2/c1-12(2)6-8-5-9(14)7-13(8)10(15)3-4-11/h8-9,14H,3-7,11H2,1-2H3. The lowest BCUT2D eigenvalue weighted by Crippen LogP contribution is -2.42. The van der Waals surface area contributed by atoms with Crippen molar-refractivity contribution in [2.24, 2.45) is 5.73 Å². The summed E-state index contributed by atoms with van der Waals surface area (Å²) in [6.07, 6.45) is 0.669. The van der Waals surface area contributed by atoms with Crippen LogP contribution in [0.5, 0.6) is 0 Å². The van der Waals surface area contributed by atoms with E-state index in [0.29, 0.717) is 25.9 Å². The molecule has 1 heterocycles. The zero-order valence-corrected chi connectivity index (χ0v) is 9.52. The molecule has 88 valence electrons. The maximum Gasteiger partial charge on any atom is 0.224 e. The van der Waals surface area contributed by atoms with Crippen molar-refractivity contribution in [1.29, 1.82) is 0 Å². The molecule has 0 bridgehead atoms. The Balaban J connectivity index is 2.56. The van der Waals surface area contributed by atoms with E-state index < -0.39 is 0 Å². The second-order valence-electron chi connectivity index (χ2n) is 4.39. The first-order valence-electron chi connectivity index (χ1n) is 5.37. The topological polar surface area (TPSA) is 69.8 Å². The third-order valence-corrected chi connectivity index (χ3v) is 2.65. The van der Waals surface area contributed by atoms with Crippen molar-refractivity contribution in [2.75, 3.05) is 33.7 Å². The smallest absolute Gasteiger partial charge is 0.224 e. The van der Waals surface area contributed by atoms with E-state index >= 15 is 0 Å². The van der Waals surface area contributed by atoms with Crippen molar-refractivity contribution in [3.8, 4) is 0 Å². The van der Waals surface area contributed by atoms with E-state index in [1.54, 1.807) is 4.90 Å². The van der Waals surface area contributed by atoms with E-state index in [4.69, 9.17) is 5.73 Å². The van der Waals surface area contributed by atoms with Crippen molar-refractivity contribution in [3.05, 3.63) is 0 Å². The summed E-state index contributed by atoms with van der Waals surface area (Å²) in [6.45, 7) is 1.63. The second-order valence-corrected chi connectivity index (χ2v) is 4.39. The van der Waals surface area contributed by atoms with E-state index in [2.05, 4.69) is 0 Å². The number of nitrogens with two attached hydrogens (primary N) is 1. The van der Waals surface area contributed by atoms with Gasteiger partial charge in [-0.25, -0.2) is 0 Å². The molecule has 1 rings (SSSR count). The van der Waals surface area contributed by atoms with Crippen LogP contribution < -0.4 is 5.73 Å². The van der Waals surface area contributed by atoms with Gasteiger partial charge in [-0.05, 0) is 20.5 Å². The normalized spacial score (nSPS) is 26.3. The van der Waals surface area contributed by atoms with Crippen LogP contribution in [0.4, 0.5) is 0 Å². The highest BCUT2D eigenvalue weighted by Crippen LogP contribution is 2.19. The highest BCUT2D eigenvalue weighted by atomic mass is 16.3. The second kappa shape index (κ2) is 5.44. The van der Waals surface area contributed by atoms with Crippen LogP contribution in [0.15, 0.2) is 0 Å². The van der Waals surface area contributed by atoms with Crippen molar-refractivity contribution < 1.29 is 9.90 Å². The molecular weight excluding hydrogens is 194 g/mol. The SMILES string of the molecule is CN(C)CC1CC(O)CN1C(=O)CCN. The van der Waals surface area contributed by atoms with E-state index in [1.165, 1.54) is 0 Å². The largest absolute Gasteiger partial charge is 0.391 e. The van der Waals surface area contributed by atoms with Gasteiger partial charge in [-0.3, -0.25) is 4.79 Å². The van der Waals surface area contributed by atoms with Gasteiger partial charge >= 0.3 is 0 Å². The van der Waals surface area contributed by atoms with Crippen LogP contribution in [0.3, 0.4) is 0 Å². The minimum absolute atomic E-state index is 0.0564. The molecule has 1 aliphatic heterocycles. The Labute approximate surface area is 90.8 Å². The molecule has 0 spiro atoms. The molecule has 2 unspecified atom stereocenters. The summed E-state index contributed by atoms with van der Waals surface area (Å²) >= 11 is 0. The summed E-state index contributed by atoms with van der Waals surface area (Å²) in [5.74, 6) is 0.0564. The molecule has 0 aliphatic carbocycles. The Morgan fingerprint density at radius 2 is 2.27 bits per heavy atom. The van der Waals surface area contributed by atoms with Gasteiger partial charge in [-0.1, -0.05) is 0 Å². The first-order valence-corrected chi connectivity index (χ1v) is 5.37. The van der Waals surface area contributed by atoms with E-state index in [-0.39, 0.29) is 18.1 Å². The molecule has 0 radical (unpaired) electrons. The zero-order chi connectivity index (χ0) is 11.4. The molecule has 3 N–H and O–H groups in total. The maximum atomic E-state index is 11.7. The highest BCUT2D eigenvalue weighted by Gasteiger charge is 2.33. The molecular formula is C10H21N3O2. The fraction of sp³-hybridized carbons (Fsp3) is 0.900. The summed E-state index contributed by atoms with van der Waals surface area (Å²) in [6, 6.07) is 0.133. The maximum absolute atomic E-state index is 11.7. The third-order valence-electron chi connectivity index (χ3n) is 2.65. The molecule has 15 heavy (non-hydrogen) atoms. The first kappa shape index (κ1) is 12.4. The highest BCUT2D eigenvalue weighted by molar-refractivity contribution is 5.77. The van der Waals surface area contributed by atoms with Crippen molar-refractivity contribution >= 4 is 5.91 Å². The molecule has 0 saturated carbocycles. The Morgan fingerprint density at radius 1 is 1.60 bits per heavy atom. The molecule has 1 aliphatic rings. The number of nitrogens with zero attached hydrogens (tertiary/aromatic N) is 2. The number of likely N-dealkylation sites (N-methyl/N-ethyl adjacent to an activating group) is 1. The number of amides is 1. The minimum Gasteiger partial charge on any atom is -0.391 e. The Hall–Kier alpha value is -0.650. The zero-order valence-electron chi connectivity index (χ0n) is 9.52. The Kier molecular flexibility index (Phi) is 4.50. The fourth-order valence-corrected chi connectivity index (χ4v) is 2.06. The van der Waals surface area contributed by atoms with Gasteiger partial charge in [0.2, 0.25) is 5.91 Å². The van der Waals surface area contributed by atoms with Gasteiger partial charge in [0.15, 0.2) is 0 Å². The third kappa shape index (κ3) is 3.44. The van der Waals surface area contributed by atoms with E-state index in [1.807, 2.05) is 19.0 Å². The molecule has 2 atom stereocenters. The number of carbonyl (C=O) groups excluding carboxylic acids is 1. The molecule has 0 aromatic carbocycles. The van der Waals surface area contributed by atoms with Crippen molar-refractivity contribution in [2.45, 2.75) is 25.0 Å². The predicted octanol–water partition coefficient (Wildman–Crippen LogP) is -1.14. The number of likely N-dealkylation sites (tertiary alicyclic amines) is 1. The fourth-order valence-electron chi connectivity index (χ4n) is 2.06. The molecule has 5 heteroatoms. The number of hydrogen-bond acceptors (Lipinski definition) is 4. The lowest BCUT2D eigenvalue weighted by atomic mass is 10.2. The van der Waals surface area contributed by atoms with Crippen LogP contribution in [0.2, 0.25) is 0 Å². The summed E-state index contributed by atoms with van der Waals surface area (Å²) in [7, 11) is 3.94. The van der Waals surface area contributed by atoms with Crippen LogP contribution in [-0.4, -0.2) is 66.7 Å². The number of aliphatic hydroxyl groups is 1. The number of hydrogen-bond donors (Lipinski definition) is 2. The van der Waals surface area contributed by atoms with Gasteiger partial charge in [0.25, 0.3) is 0 Å². The monoisotopic (exact) mass is 215 g/mol. The molecule has 1 amide bonds. The summed E-state index contributed by atoms with van der Waals surface area (Å²) in [5, 5.41) is 9.56. The van der Waals surface area contributed by atoms with Gasteiger partial charge in [0.05, 0.1) is 6.10 Å². The summed E-state index contributed by atoms with van der Waals surface area (Å²) in [5.41, 5.74) is 5.36. The number of β-amino-alcohol motifs (C(OH)–C–C–N with tert-alkyl or cyclic N) is 1. The van der Waals surface area contributed by atoms with E-state index in [9.17, 15) is 9.90 Å². The summed E-state index contributed by atoms with van der Waals surface area (Å²) in [4.78, 5) is 15.5. The van der Waals surface area contributed by atoms with Crippen LogP contribution in [0, 0.1) is 0 Å². The van der Waals surface area contributed by atoms with Gasteiger partial charge in [-0.2, -0.15) is 0 Å². The number of carbonyl (C=O) groups is 1. The minimum atomic E-state index is -0.378. The van der Waals surface area contributed by atoms with Crippen molar-refractivity contribution in [1.82, 2.24) is 9.80 Å². The molecule has 0 aromatic rings. The molecule has 5 nitrogen and oxygen atoms in total. The molecule has 1 fully saturated rings. The van der Waals surface area contributed by atoms with Gasteiger partial charge < -0.3 is 20.6 Å². The van der Waals surface area contributed by atoms with Crippen LogP contribution in [0.25, 0.3) is 0 Å². The predicted molar refractivity (Wildman–Crippen MR) is 58.4 cm³/mol. The quantitative estimate of drug-likeness (QED) is 0.622. The lowest BCUT2D eigenvalue weighted by molar-refractivity contribution is -0.132. The van der Waals surface area contributed by atoms with E-state index in [0.717, 1.165) is 6.54 Å². The van der Waals surface area contributed by atoms with Crippen LogP contribution >= 0.6 is 0 Å². The molecule has 1 saturated heterocycles. The van der Waals surface area contributed by atoms with Gasteiger partial charge in [-0.15, -0.1) is 0 Å². The molecule has 0 aromatic heterocycles. The summed E-state index contributed by atoms with van der Waals surface area (Å²) < 4.78 is 0. The number of aliphatic hydroxyl groups excluding tert-OH is 1. The average molecular weight is 215 g/mol. The van der Waals surface area contributed by atoms with Crippen LogP contribution in [-0.2, 0) is 4.79 Å². The lowest BCUT2D eigenvalue weighted by Gasteiger charge is -2.26. The van der Waals surface area contributed by atoms with Crippen LogP contribution in [0.1, 0.15) is 12.8 Å².